The summed E-state index contributed by atoms with van der Waals surface area (Å²) in [6.45, 7) is 7.01. The molecule has 100 valence electrons. The molecule has 2 rings (SSSR count). The van der Waals surface area contributed by atoms with Crippen LogP contribution in [0.5, 0.6) is 0 Å². The molecule has 2 N–H and O–H groups in total. The van der Waals surface area contributed by atoms with Gasteiger partial charge in [-0.15, -0.1) is 0 Å². The minimum absolute atomic E-state index is 0.280. The van der Waals surface area contributed by atoms with Gasteiger partial charge in [0.25, 0.3) is 0 Å². The first kappa shape index (κ1) is 13.9. The average molecular weight is 266 g/mol. The normalized spacial score (nSPS) is 29.3. The van der Waals surface area contributed by atoms with Gasteiger partial charge < -0.3 is 5.73 Å². The first-order valence-electron chi connectivity index (χ1n) is 6.89. The van der Waals surface area contributed by atoms with E-state index in [4.69, 9.17) is 17.3 Å². The van der Waals surface area contributed by atoms with Crippen LogP contribution in [-0.4, -0.2) is 6.04 Å². The van der Waals surface area contributed by atoms with Crippen LogP contribution in [0.25, 0.3) is 0 Å². The first-order valence-corrected chi connectivity index (χ1v) is 7.27. The predicted molar refractivity (Wildman–Crippen MR) is 79.0 cm³/mol. The molecule has 1 fully saturated rings. The zero-order valence-electron chi connectivity index (χ0n) is 11.6. The van der Waals surface area contributed by atoms with Crippen LogP contribution in [0.4, 0.5) is 0 Å². The quantitative estimate of drug-likeness (QED) is 0.789. The number of nitrogens with two attached hydrogens (primary N) is 1. The van der Waals surface area contributed by atoms with Gasteiger partial charge in [-0.1, -0.05) is 44.5 Å². The predicted octanol–water partition coefficient (Wildman–Crippen LogP) is 4.60. The highest BCUT2D eigenvalue weighted by atomic mass is 35.5. The maximum Gasteiger partial charge on any atom is 0.0408 e. The minimum Gasteiger partial charge on any atom is -0.327 e. The van der Waals surface area contributed by atoms with Crippen molar-refractivity contribution in [2.75, 3.05) is 0 Å². The summed E-state index contributed by atoms with van der Waals surface area (Å²) in [5.74, 6) is 1.21. The zero-order chi connectivity index (χ0) is 13.3. The Labute approximate surface area is 116 Å². The SMILES string of the molecule is CC(C)(C)C1CCC(N)C(c2cccc(Cl)c2)C1. The van der Waals surface area contributed by atoms with E-state index in [0.29, 0.717) is 11.3 Å². The molecule has 1 aliphatic carbocycles. The van der Waals surface area contributed by atoms with Crippen LogP contribution in [0.15, 0.2) is 24.3 Å². The van der Waals surface area contributed by atoms with Gasteiger partial charge in [-0.3, -0.25) is 0 Å². The van der Waals surface area contributed by atoms with E-state index in [1.54, 1.807) is 0 Å². The van der Waals surface area contributed by atoms with Gasteiger partial charge in [-0.2, -0.15) is 0 Å². The maximum atomic E-state index is 6.32. The second kappa shape index (κ2) is 5.22. The molecule has 0 bridgehead atoms. The third kappa shape index (κ3) is 3.07. The molecule has 0 aromatic heterocycles. The molecule has 0 aliphatic heterocycles. The first-order chi connectivity index (χ1) is 8.38. The summed E-state index contributed by atoms with van der Waals surface area (Å²) >= 11 is 6.10. The molecule has 18 heavy (non-hydrogen) atoms. The van der Waals surface area contributed by atoms with Crippen molar-refractivity contribution in [2.45, 2.75) is 52.0 Å². The van der Waals surface area contributed by atoms with Gasteiger partial charge in [-0.05, 0) is 54.2 Å². The molecule has 1 saturated carbocycles. The van der Waals surface area contributed by atoms with Crippen LogP contribution >= 0.6 is 11.6 Å². The Balaban J connectivity index is 2.20. The highest BCUT2D eigenvalue weighted by Gasteiger charge is 2.35. The summed E-state index contributed by atoms with van der Waals surface area (Å²) < 4.78 is 0. The number of halogens is 1. The lowest BCUT2D eigenvalue weighted by atomic mass is 9.66. The molecule has 3 atom stereocenters. The van der Waals surface area contributed by atoms with Gasteiger partial charge >= 0.3 is 0 Å². The molecule has 1 aliphatic rings. The van der Waals surface area contributed by atoms with Crippen molar-refractivity contribution in [1.82, 2.24) is 0 Å². The van der Waals surface area contributed by atoms with Crippen molar-refractivity contribution in [3.63, 3.8) is 0 Å². The van der Waals surface area contributed by atoms with Crippen LogP contribution in [0.1, 0.15) is 51.5 Å². The summed E-state index contributed by atoms with van der Waals surface area (Å²) in [4.78, 5) is 0. The molecule has 1 aromatic carbocycles. The van der Waals surface area contributed by atoms with E-state index < -0.39 is 0 Å². The smallest absolute Gasteiger partial charge is 0.0408 e. The standard InChI is InChI=1S/C16H24ClN/c1-16(2,3)12-7-8-15(18)14(10-12)11-5-4-6-13(17)9-11/h4-6,9,12,14-15H,7-8,10,18H2,1-3H3. The Bertz CT molecular complexity index is 408. The minimum atomic E-state index is 0.280. The summed E-state index contributed by atoms with van der Waals surface area (Å²) in [5.41, 5.74) is 8.00. The third-order valence-corrected chi connectivity index (χ3v) is 4.64. The second-order valence-electron chi connectivity index (χ2n) is 6.70. The maximum absolute atomic E-state index is 6.32. The molecule has 1 nitrogen and oxygen atoms in total. The molecule has 0 spiro atoms. The largest absolute Gasteiger partial charge is 0.327 e. The summed E-state index contributed by atoms with van der Waals surface area (Å²) in [6, 6.07) is 8.49. The van der Waals surface area contributed by atoms with Gasteiger partial charge in [0.15, 0.2) is 0 Å². The van der Waals surface area contributed by atoms with Crippen molar-refractivity contribution in [3.05, 3.63) is 34.9 Å². The second-order valence-corrected chi connectivity index (χ2v) is 7.14. The number of hydrogen-bond acceptors (Lipinski definition) is 1. The Morgan fingerprint density at radius 1 is 1.22 bits per heavy atom. The number of rotatable bonds is 1. The Hall–Kier alpha value is -0.530. The lowest BCUT2D eigenvalue weighted by Gasteiger charge is -2.41. The summed E-state index contributed by atoms with van der Waals surface area (Å²) in [6.07, 6.45) is 3.56. The topological polar surface area (TPSA) is 26.0 Å². The lowest BCUT2D eigenvalue weighted by molar-refractivity contribution is 0.154. The van der Waals surface area contributed by atoms with E-state index >= 15 is 0 Å². The third-order valence-electron chi connectivity index (χ3n) is 4.41. The molecule has 3 unspecified atom stereocenters. The van der Waals surface area contributed by atoms with Gasteiger partial charge in [0.05, 0.1) is 0 Å². The molecular weight excluding hydrogens is 242 g/mol. The van der Waals surface area contributed by atoms with Crippen LogP contribution in [-0.2, 0) is 0 Å². The zero-order valence-corrected chi connectivity index (χ0v) is 12.4. The van der Waals surface area contributed by atoms with Gasteiger partial charge in [-0.25, -0.2) is 0 Å². The Morgan fingerprint density at radius 3 is 2.56 bits per heavy atom. The number of hydrogen-bond donors (Lipinski definition) is 1. The van der Waals surface area contributed by atoms with Crippen LogP contribution in [0.2, 0.25) is 5.02 Å². The van der Waals surface area contributed by atoms with Crippen LogP contribution in [0, 0.1) is 11.3 Å². The molecule has 0 radical (unpaired) electrons. The molecule has 1 aromatic rings. The van der Waals surface area contributed by atoms with Gasteiger partial charge in [0, 0.05) is 11.1 Å². The molecule has 2 heteroatoms. The van der Waals surface area contributed by atoms with Crippen molar-refractivity contribution in [3.8, 4) is 0 Å². The highest BCUT2D eigenvalue weighted by molar-refractivity contribution is 6.30. The fourth-order valence-electron chi connectivity index (χ4n) is 3.10. The molecule has 0 saturated heterocycles. The van der Waals surface area contributed by atoms with E-state index in [0.717, 1.165) is 17.4 Å². The Morgan fingerprint density at radius 2 is 1.94 bits per heavy atom. The highest BCUT2D eigenvalue weighted by Crippen LogP contribution is 2.43. The van der Waals surface area contributed by atoms with Crippen molar-refractivity contribution < 1.29 is 0 Å². The van der Waals surface area contributed by atoms with E-state index in [2.05, 4.69) is 32.9 Å². The van der Waals surface area contributed by atoms with E-state index in [-0.39, 0.29) is 6.04 Å². The molecule has 0 heterocycles. The summed E-state index contributed by atoms with van der Waals surface area (Å²) in [7, 11) is 0. The van der Waals surface area contributed by atoms with E-state index in [1.807, 2.05) is 12.1 Å². The van der Waals surface area contributed by atoms with Crippen molar-refractivity contribution in [2.24, 2.45) is 17.1 Å². The van der Waals surface area contributed by atoms with E-state index in [9.17, 15) is 0 Å². The van der Waals surface area contributed by atoms with Crippen LogP contribution in [0.3, 0.4) is 0 Å². The van der Waals surface area contributed by atoms with Gasteiger partial charge in [0.2, 0.25) is 0 Å². The van der Waals surface area contributed by atoms with E-state index in [1.165, 1.54) is 18.4 Å². The lowest BCUT2D eigenvalue weighted by Crippen LogP contribution is -2.38. The monoisotopic (exact) mass is 265 g/mol. The van der Waals surface area contributed by atoms with Crippen molar-refractivity contribution >= 4 is 11.6 Å². The molecule has 0 amide bonds. The molecular formula is C16H24ClN. The summed E-state index contributed by atoms with van der Waals surface area (Å²) in [5, 5.41) is 0.817. The average Bonchev–Trinajstić information content (AvgIpc) is 2.28. The van der Waals surface area contributed by atoms with Gasteiger partial charge in [0.1, 0.15) is 0 Å². The van der Waals surface area contributed by atoms with Crippen LogP contribution < -0.4 is 5.73 Å². The Kier molecular flexibility index (Phi) is 4.03. The fraction of sp³-hybridized carbons (Fsp3) is 0.625. The fourth-order valence-corrected chi connectivity index (χ4v) is 3.30. The number of benzene rings is 1. The van der Waals surface area contributed by atoms with Crippen molar-refractivity contribution in [1.29, 1.82) is 0 Å².